The van der Waals surface area contributed by atoms with Gasteiger partial charge < -0.3 is 4.74 Å². The molecule has 0 amide bonds. The normalized spacial score (nSPS) is 23.6. The number of ether oxygens (including phenoxy) is 1. The minimum absolute atomic E-state index is 0.106. The van der Waals surface area contributed by atoms with Crippen molar-refractivity contribution in [1.82, 2.24) is 4.90 Å². The molecule has 1 aromatic rings. The van der Waals surface area contributed by atoms with Crippen LogP contribution in [0.4, 0.5) is 0 Å². The van der Waals surface area contributed by atoms with Gasteiger partial charge in [-0.3, -0.25) is 9.69 Å². The van der Waals surface area contributed by atoms with Gasteiger partial charge in [-0.15, -0.1) is 0 Å². The molecule has 0 aromatic heterocycles. The first-order chi connectivity index (χ1) is 9.52. The van der Waals surface area contributed by atoms with E-state index in [-0.39, 0.29) is 5.78 Å². The first-order valence-corrected chi connectivity index (χ1v) is 7.45. The van der Waals surface area contributed by atoms with E-state index in [2.05, 4.69) is 18.7 Å². The number of hydrogen-bond donors (Lipinski definition) is 0. The number of methoxy groups -OCH3 is 1. The number of nitrogens with zero attached hydrogens (tertiary/aromatic N) is 1. The fourth-order valence-corrected chi connectivity index (χ4v) is 2.98. The quantitative estimate of drug-likeness (QED) is 0.787. The largest absolute Gasteiger partial charge is 0.496 e. The summed E-state index contributed by atoms with van der Waals surface area (Å²) in [5.74, 6) is 1.71. The van der Waals surface area contributed by atoms with Crippen LogP contribution in [0.5, 0.6) is 5.75 Å². The van der Waals surface area contributed by atoms with Gasteiger partial charge in [-0.1, -0.05) is 6.92 Å². The molecule has 110 valence electrons. The summed E-state index contributed by atoms with van der Waals surface area (Å²) in [7, 11) is 1.69. The summed E-state index contributed by atoms with van der Waals surface area (Å²) in [6, 6.07) is 6.30. The number of rotatable bonds is 4. The highest BCUT2D eigenvalue weighted by atomic mass is 16.5. The summed E-state index contributed by atoms with van der Waals surface area (Å²) in [4.78, 5) is 14.0. The molecule has 0 radical (unpaired) electrons. The minimum Gasteiger partial charge on any atom is -0.496 e. The van der Waals surface area contributed by atoms with E-state index >= 15 is 0 Å². The number of likely N-dealkylation sites (tertiary alicyclic amines) is 1. The van der Waals surface area contributed by atoms with Gasteiger partial charge in [0.05, 0.1) is 7.11 Å². The molecule has 0 saturated carbocycles. The highest BCUT2D eigenvalue weighted by Gasteiger charge is 2.25. The maximum Gasteiger partial charge on any atom is 0.159 e. The van der Waals surface area contributed by atoms with Crippen LogP contribution >= 0.6 is 0 Å². The van der Waals surface area contributed by atoms with Crippen LogP contribution in [0.25, 0.3) is 0 Å². The number of carbonyl (C=O) groups is 1. The second-order valence-electron chi connectivity index (χ2n) is 5.91. The third-order valence-corrected chi connectivity index (χ3v) is 4.56. The molecule has 20 heavy (non-hydrogen) atoms. The van der Waals surface area contributed by atoms with Gasteiger partial charge in [0.15, 0.2) is 5.78 Å². The van der Waals surface area contributed by atoms with Gasteiger partial charge in [-0.2, -0.15) is 0 Å². The van der Waals surface area contributed by atoms with Crippen LogP contribution in [0.1, 0.15) is 49.5 Å². The molecule has 1 aromatic carbocycles. The van der Waals surface area contributed by atoms with E-state index in [1.54, 1.807) is 14.0 Å². The Morgan fingerprint density at radius 1 is 1.40 bits per heavy atom. The number of benzene rings is 1. The Balaban J connectivity index is 2.22. The van der Waals surface area contributed by atoms with Crippen molar-refractivity contribution < 1.29 is 9.53 Å². The maximum atomic E-state index is 11.6. The van der Waals surface area contributed by atoms with E-state index in [1.807, 2.05) is 18.2 Å². The SMILES string of the molecule is COc1ccc(C(C)=O)cc1CN1CCCC(C)C1C. The third kappa shape index (κ3) is 3.21. The topological polar surface area (TPSA) is 29.5 Å². The highest BCUT2D eigenvalue weighted by Crippen LogP contribution is 2.28. The molecule has 0 aliphatic carbocycles. The molecule has 0 bridgehead atoms. The summed E-state index contributed by atoms with van der Waals surface area (Å²) >= 11 is 0. The predicted octanol–water partition coefficient (Wildman–Crippen LogP) is 3.52. The molecule has 0 spiro atoms. The Hall–Kier alpha value is -1.35. The molecule has 3 nitrogen and oxygen atoms in total. The molecule has 1 fully saturated rings. The van der Waals surface area contributed by atoms with Crippen LogP contribution in [-0.2, 0) is 6.54 Å². The van der Waals surface area contributed by atoms with Crippen LogP contribution in [0.3, 0.4) is 0 Å². The average molecular weight is 275 g/mol. The zero-order valence-corrected chi connectivity index (χ0v) is 13.0. The van der Waals surface area contributed by atoms with Crippen molar-refractivity contribution in [3.8, 4) is 5.75 Å². The van der Waals surface area contributed by atoms with Crippen molar-refractivity contribution >= 4 is 5.78 Å². The fraction of sp³-hybridized carbons (Fsp3) is 0.588. The van der Waals surface area contributed by atoms with Crippen LogP contribution in [-0.4, -0.2) is 30.4 Å². The number of carbonyl (C=O) groups excluding carboxylic acids is 1. The number of Topliss-reactive ketones (excluding diaryl/α,β-unsaturated/α-hetero) is 1. The molecular weight excluding hydrogens is 250 g/mol. The Kier molecular flexibility index (Phi) is 4.81. The third-order valence-electron chi connectivity index (χ3n) is 4.56. The Bertz CT molecular complexity index is 484. The van der Waals surface area contributed by atoms with E-state index < -0.39 is 0 Å². The van der Waals surface area contributed by atoms with Crippen molar-refractivity contribution in [3.63, 3.8) is 0 Å². The Morgan fingerprint density at radius 3 is 2.80 bits per heavy atom. The predicted molar refractivity (Wildman–Crippen MR) is 81.3 cm³/mol. The smallest absolute Gasteiger partial charge is 0.159 e. The molecule has 1 aliphatic heterocycles. The van der Waals surface area contributed by atoms with Gasteiger partial charge in [-0.05, 0) is 57.4 Å². The van der Waals surface area contributed by atoms with Gasteiger partial charge in [0.25, 0.3) is 0 Å². The van der Waals surface area contributed by atoms with Crippen molar-refractivity contribution in [1.29, 1.82) is 0 Å². The van der Waals surface area contributed by atoms with Crippen LogP contribution in [0.2, 0.25) is 0 Å². The zero-order valence-electron chi connectivity index (χ0n) is 13.0. The maximum absolute atomic E-state index is 11.6. The molecule has 1 saturated heterocycles. The molecule has 1 heterocycles. The fourth-order valence-electron chi connectivity index (χ4n) is 2.98. The van der Waals surface area contributed by atoms with E-state index in [0.717, 1.165) is 35.9 Å². The molecule has 2 rings (SSSR count). The summed E-state index contributed by atoms with van der Waals surface area (Å²) in [5.41, 5.74) is 1.87. The number of piperidine rings is 1. The Labute approximate surface area is 121 Å². The van der Waals surface area contributed by atoms with Crippen molar-refractivity contribution in [3.05, 3.63) is 29.3 Å². The molecule has 2 atom stereocenters. The lowest BCUT2D eigenvalue weighted by Gasteiger charge is -2.38. The van der Waals surface area contributed by atoms with Crippen LogP contribution in [0.15, 0.2) is 18.2 Å². The molecule has 2 unspecified atom stereocenters. The second kappa shape index (κ2) is 6.40. The molecule has 0 N–H and O–H groups in total. The number of ketones is 1. The monoisotopic (exact) mass is 275 g/mol. The van der Waals surface area contributed by atoms with Crippen molar-refractivity contribution in [2.24, 2.45) is 5.92 Å². The lowest BCUT2D eigenvalue weighted by molar-refractivity contribution is 0.101. The molecule has 1 aliphatic rings. The summed E-state index contributed by atoms with van der Waals surface area (Å²) in [6.45, 7) is 8.21. The van der Waals surface area contributed by atoms with Crippen molar-refractivity contribution in [2.75, 3.05) is 13.7 Å². The number of hydrogen-bond acceptors (Lipinski definition) is 3. The van der Waals surface area contributed by atoms with Gasteiger partial charge in [0.1, 0.15) is 5.75 Å². The Morgan fingerprint density at radius 2 is 2.15 bits per heavy atom. The average Bonchev–Trinajstić information content (AvgIpc) is 2.43. The van der Waals surface area contributed by atoms with E-state index in [4.69, 9.17) is 4.74 Å². The van der Waals surface area contributed by atoms with Gasteiger partial charge in [0, 0.05) is 23.7 Å². The van der Waals surface area contributed by atoms with Crippen LogP contribution in [0, 0.1) is 5.92 Å². The standard InChI is InChI=1S/C17H25NO2/c1-12-6-5-9-18(13(12)2)11-16-10-15(14(3)19)7-8-17(16)20-4/h7-8,10,12-13H,5-6,9,11H2,1-4H3. The van der Waals surface area contributed by atoms with Crippen LogP contribution < -0.4 is 4.74 Å². The minimum atomic E-state index is 0.106. The van der Waals surface area contributed by atoms with E-state index in [1.165, 1.54) is 12.8 Å². The first kappa shape index (κ1) is 15.0. The van der Waals surface area contributed by atoms with E-state index in [9.17, 15) is 4.79 Å². The van der Waals surface area contributed by atoms with Gasteiger partial charge >= 0.3 is 0 Å². The van der Waals surface area contributed by atoms with Gasteiger partial charge in [-0.25, -0.2) is 0 Å². The summed E-state index contributed by atoms with van der Waals surface area (Å²) in [6.07, 6.45) is 2.56. The first-order valence-electron chi connectivity index (χ1n) is 7.45. The summed E-state index contributed by atoms with van der Waals surface area (Å²) < 4.78 is 5.45. The lowest BCUT2D eigenvalue weighted by atomic mass is 9.91. The van der Waals surface area contributed by atoms with Crippen molar-refractivity contribution in [2.45, 2.75) is 46.2 Å². The highest BCUT2D eigenvalue weighted by molar-refractivity contribution is 5.94. The van der Waals surface area contributed by atoms with Gasteiger partial charge in [0.2, 0.25) is 0 Å². The zero-order chi connectivity index (χ0) is 14.7. The molecular formula is C17H25NO2. The lowest BCUT2D eigenvalue weighted by Crippen LogP contribution is -2.41. The van der Waals surface area contributed by atoms with E-state index in [0.29, 0.717) is 6.04 Å². The summed E-state index contributed by atoms with van der Waals surface area (Å²) in [5, 5.41) is 0. The molecule has 3 heteroatoms. The second-order valence-corrected chi connectivity index (χ2v) is 5.91.